The maximum absolute atomic E-state index is 13.4. The third-order valence-electron chi connectivity index (χ3n) is 5.84. The molecule has 7 nitrogen and oxygen atoms in total. The van der Waals surface area contributed by atoms with Crippen LogP contribution < -0.4 is 5.32 Å². The Kier molecular flexibility index (Phi) is 8.15. The number of aryl methyl sites for hydroxylation is 1. The van der Waals surface area contributed by atoms with Crippen molar-refractivity contribution in [3.63, 3.8) is 0 Å². The molecule has 0 fully saturated rings. The van der Waals surface area contributed by atoms with Crippen molar-refractivity contribution in [2.75, 3.05) is 5.32 Å². The normalized spacial score (nSPS) is 11.4. The van der Waals surface area contributed by atoms with Gasteiger partial charge in [0.2, 0.25) is 0 Å². The van der Waals surface area contributed by atoms with E-state index in [4.69, 9.17) is 9.15 Å². The summed E-state index contributed by atoms with van der Waals surface area (Å²) in [6.45, 7) is 4.13. The Morgan fingerprint density at radius 2 is 1.49 bits per heavy atom. The van der Waals surface area contributed by atoms with Gasteiger partial charge < -0.3 is 19.4 Å². The number of hydrogen-bond acceptors (Lipinski definition) is 5. The second-order valence-corrected chi connectivity index (χ2v) is 8.67. The fourth-order valence-electron chi connectivity index (χ4n) is 3.83. The summed E-state index contributed by atoms with van der Waals surface area (Å²) in [5.41, 5.74) is 3.38. The molecular weight excluding hydrogens is 468 g/mol. The summed E-state index contributed by atoms with van der Waals surface area (Å²) >= 11 is 0. The Balaban J connectivity index is 1.47. The zero-order chi connectivity index (χ0) is 26.2. The molecule has 0 bridgehead atoms. The van der Waals surface area contributed by atoms with Crippen molar-refractivity contribution in [3.8, 4) is 0 Å². The molecule has 2 amide bonds. The third kappa shape index (κ3) is 6.73. The van der Waals surface area contributed by atoms with Crippen LogP contribution in [-0.4, -0.2) is 28.8 Å². The monoisotopic (exact) mass is 496 g/mol. The lowest BCUT2D eigenvalue weighted by Gasteiger charge is -2.26. The molecule has 4 rings (SSSR count). The van der Waals surface area contributed by atoms with Gasteiger partial charge in [-0.3, -0.25) is 9.59 Å². The van der Waals surface area contributed by atoms with Gasteiger partial charge in [-0.05, 0) is 54.8 Å². The van der Waals surface area contributed by atoms with E-state index in [-0.39, 0.29) is 17.2 Å². The van der Waals surface area contributed by atoms with E-state index >= 15 is 0 Å². The van der Waals surface area contributed by atoms with Gasteiger partial charge in [0.25, 0.3) is 11.8 Å². The Morgan fingerprint density at radius 1 is 0.865 bits per heavy atom. The molecule has 0 saturated carbocycles. The lowest BCUT2D eigenvalue weighted by atomic mass is 10.1. The number of esters is 1. The highest BCUT2D eigenvalue weighted by Gasteiger charge is 2.25. The van der Waals surface area contributed by atoms with Crippen LogP contribution in [0.2, 0.25) is 0 Å². The predicted octanol–water partition coefficient (Wildman–Crippen LogP) is 5.61. The summed E-state index contributed by atoms with van der Waals surface area (Å²) in [5.74, 6) is -1.24. The minimum atomic E-state index is -1.01. The SMILES string of the molecule is Cc1ccc(C(=O)OC(C)C(=O)N(Cc2ccccc2)Cc2ccccc2)cc1NC(=O)c1ccco1. The van der Waals surface area contributed by atoms with Crippen LogP contribution in [0.15, 0.2) is 102 Å². The van der Waals surface area contributed by atoms with Crippen LogP contribution in [0, 0.1) is 6.92 Å². The van der Waals surface area contributed by atoms with Gasteiger partial charge in [-0.15, -0.1) is 0 Å². The highest BCUT2D eigenvalue weighted by atomic mass is 16.5. The molecule has 1 N–H and O–H groups in total. The summed E-state index contributed by atoms with van der Waals surface area (Å²) in [4.78, 5) is 40.4. The minimum Gasteiger partial charge on any atom is -0.459 e. The van der Waals surface area contributed by atoms with E-state index < -0.39 is 18.0 Å². The largest absolute Gasteiger partial charge is 0.459 e. The van der Waals surface area contributed by atoms with Crippen LogP contribution in [0.25, 0.3) is 0 Å². The number of amides is 2. The van der Waals surface area contributed by atoms with E-state index in [2.05, 4.69) is 5.32 Å². The molecule has 0 aliphatic rings. The van der Waals surface area contributed by atoms with Gasteiger partial charge in [-0.2, -0.15) is 0 Å². The number of carbonyl (C=O) groups is 3. The van der Waals surface area contributed by atoms with Crippen molar-refractivity contribution in [2.45, 2.75) is 33.0 Å². The van der Waals surface area contributed by atoms with Crippen molar-refractivity contribution in [3.05, 3.63) is 125 Å². The lowest BCUT2D eigenvalue weighted by Crippen LogP contribution is -2.39. The van der Waals surface area contributed by atoms with Crippen molar-refractivity contribution in [1.82, 2.24) is 4.90 Å². The van der Waals surface area contributed by atoms with E-state index in [1.807, 2.05) is 67.6 Å². The Morgan fingerprint density at radius 3 is 2.05 bits per heavy atom. The third-order valence-corrected chi connectivity index (χ3v) is 5.84. The van der Waals surface area contributed by atoms with Gasteiger partial charge in [-0.25, -0.2) is 4.79 Å². The average Bonchev–Trinajstić information content (AvgIpc) is 3.46. The second kappa shape index (κ2) is 11.9. The predicted molar refractivity (Wildman–Crippen MR) is 140 cm³/mol. The lowest BCUT2D eigenvalue weighted by molar-refractivity contribution is -0.141. The highest BCUT2D eigenvalue weighted by Crippen LogP contribution is 2.20. The van der Waals surface area contributed by atoms with Crippen LogP contribution in [0.1, 0.15) is 44.5 Å². The first kappa shape index (κ1) is 25.4. The van der Waals surface area contributed by atoms with E-state index in [9.17, 15) is 14.4 Å². The van der Waals surface area contributed by atoms with Crippen LogP contribution in [0.3, 0.4) is 0 Å². The molecule has 1 atom stereocenters. The summed E-state index contributed by atoms with van der Waals surface area (Å²) in [6, 6.07) is 27.3. The van der Waals surface area contributed by atoms with E-state index in [0.29, 0.717) is 18.8 Å². The van der Waals surface area contributed by atoms with Crippen LogP contribution >= 0.6 is 0 Å². The molecule has 37 heavy (non-hydrogen) atoms. The van der Waals surface area contributed by atoms with Crippen molar-refractivity contribution < 1.29 is 23.5 Å². The van der Waals surface area contributed by atoms with Gasteiger partial charge in [-0.1, -0.05) is 66.7 Å². The molecule has 4 aromatic rings. The Bertz CT molecular complexity index is 1310. The first-order valence-electron chi connectivity index (χ1n) is 11.9. The molecule has 1 aromatic heterocycles. The Hall–Kier alpha value is -4.65. The van der Waals surface area contributed by atoms with Crippen molar-refractivity contribution in [2.24, 2.45) is 0 Å². The molecular formula is C30H28N2O5. The molecule has 188 valence electrons. The zero-order valence-corrected chi connectivity index (χ0v) is 20.7. The number of carbonyl (C=O) groups excluding carboxylic acids is 3. The first-order valence-corrected chi connectivity index (χ1v) is 11.9. The number of rotatable bonds is 9. The highest BCUT2D eigenvalue weighted by molar-refractivity contribution is 6.03. The maximum atomic E-state index is 13.4. The standard InChI is InChI=1S/C30H28N2O5/c1-21-15-16-25(18-26(21)31-28(33)27-14-9-17-36-27)30(35)37-22(2)29(34)32(19-23-10-5-3-6-11-23)20-24-12-7-4-8-13-24/h3-18,22H,19-20H2,1-2H3,(H,31,33). The number of nitrogens with zero attached hydrogens (tertiary/aromatic N) is 1. The number of furan rings is 1. The molecule has 1 unspecified atom stereocenters. The van der Waals surface area contributed by atoms with Crippen LogP contribution in [-0.2, 0) is 22.6 Å². The van der Waals surface area contributed by atoms with Gasteiger partial charge in [0.1, 0.15) is 0 Å². The molecule has 3 aromatic carbocycles. The van der Waals surface area contributed by atoms with Crippen molar-refractivity contribution >= 4 is 23.5 Å². The van der Waals surface area contributed by atoms with Crippen LogP contribution in [0.4, 0.5) is 5.69 Å². The second-order valence-electron chi connectivity index (χ2n) is 8.67. The van der Waals surface area contributed by atoms with Gasteiger partial charge in [0.05, 0.1) is 11.8 Å². The van der Waals surface area contributed by atoms with Gasteiger partial charge in [0, 0.05) is 18.8 Å². The number of ether oxygens (including phenoxy) is 1. The summed E-state index contributed by atoms with van der Waals surface area (Å²) in [7, 11) is 0. The molecule has 0 spiro atoms. The zero-order valence-electron chi connectivity index (χ0n) is 20.7. The first-order chi connectivity index (χ1) is 17.9. The fourth-order valence-corrected chi connectivity index (χ4v) is 3.83. The van der Waals surface area contributed by atoms with Crippen molar-refractivity contribution in [1.29, 1.82) is 0 Å². The smallest absolute Gasteiger partial charge is 0.338 e. The number of anilines is 1. The quantitative estimate of drug-likeness (QED) is 0.304. The summed E-state index contributed by atoms with van der Waals surface area (Å²) < 4.78 is 10.7. The maximum Gasteiger partial charge on any atom is 0.338 e. The molecule has 0 radical (unpaired) electrons. The summed E-state index contributed by atoms with van der Waals surface area (Å²) in [5, 5.41) is 2.74. The molecule has 0 aliphatic heterocycles. The molecule has 1 heterocycles. The Labute approximate surface area is 215 Å². The van der Waals surface area contributed by atoms with E-state index in [1.54, 1.807) is 36.1 Å². The number of benzene rings is 3. The topological polar surface area (TPSA) is 88.9 Å². The molecule has 0 aliphatic carbocycles. The van der Waals surface area contributed by atoms with Gasteiger partial charge >= 0.3 is 5.97 Å². The summed E-state index contributed by atoms with van der Waals surface area (Å²) in [6.07, 6.45) is 0.398. The molecule has 7 heteroatoms. The van der Waals surface area contributed by atoms with Gasteiger partial charge in [0.15, 0.2) is 11.9 Å². The average molecular weight is 497 g/mol. The van der Waals surface area contributed by atoms with E-state index in [0.717, 1.165) is 16.7 Å². The minimum absolute atomic E-state index is 0.156. The van der Waals surface area contributed by atoms with E-state index in [1.165, 1.54) is 12.3 Å². The molecule has 0 saturated heterocycles. The van der Waals surface area contributed by atoms with Crippen LogP contribution in [0.5, 0.6) is 0 Å². The fraction of sp³-hybridized carbons (Fsp3) is 0.167. The number of nitrogens with one attached hydrogen (secondary N) is 1. The number of hydrogen-bond donors (Lipinski definition) is 1.